The standard InChI is InChI=1S/C17H22O7/c1-7(18)24-17-10-9(14(2,3)20)8(22-13(10)19)5-15(17,4)16(6-21-16)11-12(17)23-11/h8-12,20H,5-6H2,1-4H3/t8?,9?,10?,11-,12+,15+,16-,17+/m1/s1. The lowest BCUT2D eigenvalue weighted by Crippen LogP contribution is -2.68. The summed E-state index contributed by atoms with van der Waals surface area (Å²) in [7, 11) is 0. The maximum Gasteiger partial charge on any atom is 0.313 e. The molecule has 7 heteroatoms. The average molecular weight is 338 g/mol. The molecule has 132 valence electrons. The summed E-state index contributed by atoms with van der Waals surface area (Å²) >= 11 is 0. The summed E-state index contributed by atoms with van der Waals surface area (Å²) in [5.41, 5.74) is -3.36. The van der Waals surface area contributed by atoms with Gasteiger partial charge < -0.3 is 24.1 Å². The fourth-order valence-electron chi connectivity index (χ4n) is 6.17. The second-order valence-electron chi connectivity index (χ2n) is 8.71. The smallest absolute Gasteiger partial charge is 0.313 e. The van der Waals surface area contributed by atoms with Gasteiger partial charge in [0, 0.05) is 18.3 Å². The van der Waals surface area contributed by atoms with Gasteiger partial charge in [-0.05, 0) is 20.3 Å². The van der Waals surface area contributed by atoms with Gasteiger partial charge in [0.2, 0.25) is 0 Å². The molecule has 0 aromatic carbocycles. The number of fused-ring (bicyclic) bond motifs is 8. The van der Waals surface area contributed by atoms with Crippen LogP contribution in [0.15, 0.2) is 0 Å². The molecule has 24 heavy (non-hydrogen) atoms. The quantitative estimate of drug-likeness (QED) is 0.566. The van der Waals surface area contributed by atoms with Crippen LogP contribution in [-0.2, 0) is 28.5 Å². The molecule has 2 bridgehead atoms. The van der Waals surface area contributed by atoms with E-state index in [1.54, 1.807) is 13.8 Å². The molecule has 5 aliphatic rings. The summed E-state index contributed by atoms with van der Waals surface area (Å²) in [5, 5.41) is 10.7. The van der Waals surface area contributed by atoms with Crippen LogP contribution in [0.4, 0.5) is 0 Å². The van der Waals surface area contributed by atoms with Crippen molar-refractivity contribution in [2.24, 2.45) is 17.3 Å². The number of rotatable bonds is 2. The number of hydrogen-bond donors (Lipinski definition) is 1. The number of carbonyl (C=O) groups is 2. The Morgan fingerprint density at radius 2 is 2.04 bits per heavy atom. The molecule has 0 aromatic rings. The minimum absolute atomic E-state index is 0.156. The van der Waals surface area contributed by atoms with Gasteiger partial charge in [0.05, 0.1) is 12.2 Å². The molecule has 3 heterocycles. The lowest BCUT2D eigenvalue weighted by Gasteiger charge is -2.54. The molecular weight excluding hydrogens is 316 g/mol. The highest BCUT2D eigenvalue weighted by atomic mass is 16.7. The topological polar surface area (TPSA) is 97.9 Å². The van der Waals surface area contributed by atoms with E-state index in [0.717, 1.165) is 0 Å². The van der Waals surface area contributed by atoms with Crippen molar-refractivity contribution in [1.82, 2.24) is 0 Å². The van der Waals surface area contributed by atoms with Gasteiger partial charge in [0.15, 0.2) is 5.60 Å². The first-order chi connectivity index (χ1) is 11.1. The summed E-state index contributed by atoms with van der Waals surface area (Å²) in [6.07, 6.45) is -0.449. The minimum Gasteiger partial charge on any atom is -0.462 e. The summed E-state index contributed by atoms with van der Waals surface area (Å²) < 4.78 is 23.2. The molecular formula is C17H22O7. The molecule has 2 saturated carbocycles. The molecule has 1 spiro atoms. The molecule has 0 aromatic heterocycles. The molecule has 3 saturated heterocycles. The summed E-state index contributed by atoms with van der Waals surface area (Å²) in [5.74, 6) is -2.07. The highest BCUT2D eigenvalue weighted by Gasteiger charge is 2.94. The first kappa shape index (κ1) is 15.1. The van der Waals surface area contributed by atoms with Gasteiger partial charge in [-0.3, -0.25) is 9.59 Å². The number of carbonyl (C=O) groups excluding carboxylic acids is 2. The largest absolute Gasteiger partial charge is 0.462 e. The van der Waals surface area contributed by atoms with E-state index in [4.69, 9.17) is 18.9 Å². The number of epoxide rings is 2. The fraction of sp³-hybridized carbons (Fsp3) is 0.882. The Morgan fingerprint density at radius 3 is 2.58 bits per heavy atom. The van der Waals surface area contributed by atoms with E-state index in [1.165, 1.54) is 6.92 Å². The zero-order chi connectivity index (χ0) is 17.3. The molecule has 0 radical (unpaired) electrons. The molecule has 8 atom stereocenters. The Hall–Kier alpha value is -1.18. The number of ether oxygens (including phenoxy) is 4. The third kappa shape index (κ3) is 1.35. The lowest BCUT2D eigenvalue weighted by atomic mass is 9.52. The number of esters is 2. The van der Waals surface area contributed by atoms with Crippen LogP contribution in [0.1, 0.15) is 34.1 Å². The molecule has 2 aliphatic carbocycles. The SMILES string of the molecule is CC(=O)O[C@]12C3C(=O)OC(C[C@@]1(C)[C@@]1(CO1)[C@@H]1O[C@@H]12)C3C(C)(C)O. The van der Waals surface area contributed by atoms with Gasteiger partial charge in [-0.15, -0.1) is 0 Å². The molecule has 0 amide bonds. The van der Waals surface area contributed by atoms with Crippen LogP contribution in [0, 0.1) is 17.3 Å². The summed E-state index contributed by atoms with van der Waals surface area (Å²) in [6.45, 7) is 7.24. The van der Waals surface area contributed by atoms with E-state index >= 15 is 0 Å². The van der Waals surface area contributed by atoms with Crippen molar-refractivity contribution in [3.63, 3.8) is 0 Å². The molecule has 1 N–H and O–H groups in total. The first-order valence-electron chi connectivity index (χ1n) is 8.50. The van der Waals surface area contributed by atoms with Gasteiger partial charge >= 0.3 is 11.9 Å². The van der Waals surface area contributed by atoms with E-state index in [0.29, 0.717) is 13.0 Å². The van der Waals surface area contributed by atoms with E-state index in [9.17, 15) is 14.7 Å². The fourth-order valence-corrected chi connectivity index (χ4v) is 6.17. The average Bonchev–Trinajstić information content (AvgIpc) is 3.28. The first-order valence-corrected chi connectivity index (χ1v) is 8.50. The Kier molecular flexibility index (Phi) is 2.40. The van der Waals surface area contributed by atoms with Gasteiger partial charge in [-0.1, -0.05) is 6.92 Å². The van der Waals surface area contributed by atoms with E-state index in [1.807, 2.05) is 6.92 Å². The normalized spacial score (nSPS) is 56.5. The van der Waals surface area contributed by atoms with Crippen molar-refractivity contribution < 1.29 is 33.6 Å². The van der Waals surface area contributed by atoms with Crippen molar-refractivity contribution in [2.45, 2.75) is 69.2 Å². The van der Waals surface area contributed by atoms with Crippen molar-refractivity contribution in [2.75, 3.05) is 6.61 Å². The van der Waals surface area contributed by atoms with Crippen molar-refractivity contribution in [1.29, 1.82) is 0 Å². The van der Waals surface area contributed by atoms with Crippen molar-refractivity contribution in [3.8, 4) is 0 Å². The molecule has 7 nitrogen and oxygen atoms in total. The minimum atomic E-state index is -1.14. The number of aliphatic hydroxyl groups is 1. The van der Waals surface area contributed by atoms with Gasteiger partial charge in [0.25, 0.3) is 0 Å². The van der Waals surface area contributed by atoms with E-state index in [2.05, 4.69) is 0 Å². The second-order valence-corrected chi connectivity index (χ2v) is 8.71. The summed E-state index contributed by atoms with van der Waals surface area (Å²) in [4.78, 5) is 24.8. The van der Waals surface area contributed by atoms with E-state index in [-0.39, 0.29) is 12.2 Å². The maximum absolute atomic E-state index is 12.8. The zero-order valence-corrected chi connectivity index (χ0v) is 14.2. The summed E-state index contributed by atoms with van der Waals surface area (Å²) in [6, 6.07) is 0. The monoisotopic (exact) mass is 338 g/mol. The third-order valence-electron chi connectivity index (χ3n) is 7.11. The van der Waals surface area contributed by atoms with Crippen LogP contribution in [0.25, 0.3) is 0 Å². The Bertz CT molecular complexity index is 662. The number of hydrogen-bond acceptors (Lipinski definition) is 7. The Balaban J connectivity index is 1.72. The van der Waals surface area contributed by atoms with E-state index < -0.39 is 52.1 Å². The van der Waals surface area contributed by atoms with Crippen LogP contribution in [-0.4, -0.2) is 58.8 Å². The van der Waals surface area contributed by atoms with Gasteiger partial charge in [-0.2, -0.15) is 0 Å². The van der Waals surface area contributed by atoms with Crippen molar-refractivity contribution >= 4 is 11.9 Å². The Labute approximate surface area is 139 Å². The van der Waals surface area contributed by atoms with Crippen molar-refractivity contribution in [3.05, 3.63) is 0 Å². The highest BCUT2D eigenvalue weighted by Crippen LogP contribution is 2.77. The molecule has 3 aliphatic heterocycles. The van der Waals surface area contributed by atoms with Crippen LogP contribution in [0.2, 0.25) is 0 Å². The zero-order valence-electron chi connectivity index (χ0n) is 14.2. The Morgan fingerprint density at radius 1 is 1.38 bits per heavy atom. The van der Waals surface area contributed by atoms with Crippen LogP contribution < -0.4 is 0 Å². The van der Waals surface area contributed by atoms with Crippen LogP contribution in [0.5, 0.6) is 0 Å². The molecule has 3 unspecified atom stereocenters. The second kappa shape index (κ2) is 3.81. The molecule has 5 fully saturated rings. The van der Waals surface area contributed by atoms with Crippen LogP contribution in [0.3, 0.4) is 0 Å². The third-order valence-corrected chi connectivity index (χ3v) is 7.11. The predicted molar refractivity (Wildman–Crippen MR) is 77.7 cm³/mol. The van der Waals surface area contributed by atoms with Gasteiger partial charge in [-0.25, -0.2) is 0 Å². The maximum atomic E-state index is 12.8. The van der Waals surface area contributed by atoms with Gasteiger partial charge in [0.1, 0.15) is 29.8 Å². The lowest BCUT2D eigenvalue weighted by molar-refractivity contribution is -0.229. The highest BCUT2D eigenvalue weighted by molar-refractivity contribution is 5.80. The predicted octanol–water partition coefficient (Wildman–Crippen LogP) is 0.177. The molecule has 5 rings (SSSR count). The van der Waals surface area contributed by atoms with Crippen LogP contribution >= 0.6 is 0 Å².